The van der Waals surface area contributed by atoms with Crippen molar-refractivity contribution in [3.63, 3.8) is 0 Å². The zero-order chi connectivity index (χ0) is 26.9. The molecule has 1 unspecified atom stereocenters. The van der Waals surface area contributed by atoms with Crippen LogP contribution in [0.15, 0.2) is 48.5 Å². The van der Waals surface area contributed by atoms with E-state index in [2.05, 4.69) is 49.1 Å². The van der Waals surface area contributed by atoms with Crippen LogP contribution in [0.3, 0.4) is 0 Å². The minimum absolute atomic E-state index is 0.0953. The Labute approximate surface area is 225 Å². The molecule has 0 bridgehead atoms. The minimum Gasteiger partial charge on any atom is -0.490 e. The quantitative estimate of drug-likeness (QED) is 0.418. The Balaban J connectivity index is 1.53. The predicted molar refractivity (Wildman–Crippen MR) is 150 cm³/mol. The summed E-state index contributed by atoms with van der Waals surface area (Å²) in [5.41, 5.74) is 7.39. The lowest BCUT2D eigenvalue weighted by molar-refractivity contribution is -0.136. The van der Waals surface area contributed by atoms with Gasteiger partial charge in [0.1, 0.15) is 11.9 Å². The number of rotatable bonds is 7. The summed E-state index contributed by atoms with van der Waals surface area (Å²) in [4.78, 5) is 18.9. The number of aliphatic hydroxyl groups excluding tert-OH is 1. The number of hydrogen-bond acceptors (Lipinski definition) is 5. The molecule has 0 radical (unpaired) electrons. The molecule has 3 aromatic rings. The van der Waals surface area contributed by atoms with E-state index < -0.39 is 5.97 Å². The van der Waals surface area contributed by atoms with Crippen molar-refractivity contribution in [2.24, 2.45) is 5.41 Å². The fourth-order valence-corrected chi connectivity index (χ4v) is 5.87. The number of benzene rings is 2. The van der Waals surface area contributed by atoms with Gasteiger partial charge in [-0.05, 0) is 66.8 Å². The molecule has 3 heterocycles. The molecule has 0 aliphatic carbocycles. The average molecular weight is 515 g/mol. The summed E-state index contributed by atoms with van der Waals surface area (Å²) < 4.78 is 6.40. The van der Waals surface area contributed by atoms with Gasteiger partial charge in [0.2, 0.25) is 0 Å². The number of aliphatic carboxylic acids is 1. The van der Waals surface area contributed by atoms with Gasteiger partial charge < -0.3 is 19.8 Å². The maximum Gasteiger partial charge on any atom is 0.307 e. The monoisotopic (exact) mass is 514 g/mol. The molecule has 2 N–H and O–H groups in total. The molecule has 6 heteroatoms. The Kier molecular flexibility index (Phi) is 7.44. The van der Waals surface area contributed by atoms with Gasteiger partial charge in [0.05, 0.1) is 24.4 Å². The van der Waals surface area contributed by atoms with Gasteiger partial charge in [-0.1, -0.05) is 50.2 Å². The van der Waals surface area contributed by atoms with Crippen molar-refractivity contribution in [3.8, 4) is 16.9 Å². The highest BCUT2D eigenvalue weighted by Crippen LogP contribution is 2.43. The number of ether oxygens (including phenoxy) is 1. The van der Waals surface area contributed by atoms with Gasteiger partial charge in [-0.15, -0.1) is 0 Å². The third kappa shape index (κ3) is 5.56. The van der Waals surface area contributed by atoms with Crippen molar-refractivity contribution in [2.45, 2.75) is 72.0 Å². The molecule has 0 spiro atoms. The summed E-state index contributed by atoms with van der Waals surface area (Å²) >= 11 is 0. The summed E-state index contributed by atoms with van der Waals surface area (Å²) in [7, 11) is 0. The van der Waals surface area contributed by atoms with Gasteiger partial charge in [0.25, 0.3) is 0 Å². The van der Waals surface area contributed by atoms with Crippen LogP contribution in [0.5, 0.6) is 5.75 Å². The van der Waals surface area contributed by atoms with Crippen molar-refractivity contribution in [3.05, 3.63) is 76.6 Å². The molecule has 2 aliphatic rings. The van der Waals surface area contributed by atoms with E-state index >= 15 is 0 Å². The summed E-state index contributed by atoms with van der Waals surface area (Å²) in [5, 5.41) is 20.1. The first kappa shape index (κ1) is 26.2. The van der Waals surface area contributed by atoms with E-state index in [1.165, 1.54) is 5.56 Å². The molecule has 0 amide bonds. The lowest BCUT2D eigenvalue weighted by Crippen LogP contribution is -2.38. The predicted octanol–water partition coefficient (Wildman–Crippen LogP) is 5.74. The molecule has 1 atom stereocenters. The Hall–Kier alpha value is -3.38. The van der Waals surface area contributed by atoms with E-state index in [0.717, 1.165) is 78.9 Å². The summed E-state index contributed by atoms with van der Waals surface area (Å²) in [6.07, 6.45) is 4.81. The van der Waals surface area contributed by atoms with Crippen LogP contribution < -0.4 is 9.64 Å². The molecular formula is C32H38N2O4. The Morgan fingerprint density at radius 1 is 1.13 bits per heavy atom. The van der Waals surface area contributed by atoms with Crippen LogP contribution in [0.4, 0.5) is 5.69 Å². The van der Waals surface area contributed by atoms with E-state index in [1.807, 2.05) is 25.1 Å². The second kappa shape index (κ2) is 10.8. The van der Waals surface area contributed by atoms with Crippen LogP contribution in [0.1, 0.15) is 61.2 Å². The number of carboxylic acid groups (broad SMARTS) is 1. The number of pyridine rings is 1. The van der Waals surface area contributed by atoms with E-state index in [1.54, 1.807) is 0 Å². The summed E-state index contributed by atoms with van der Waals surface area (Å²) in [6, 6.07) is 16.7. The molecule has 0 saturated carbocycles. The highest BCUT2D eigenvalue weighted by Gasteiger charge is 2.31. The average Bonchev–Trinajstić information content (AvgIpc) is 2.90. The van der Waals surface area contributed by atoms with E-state index in [0.29, 0.717) is 11.4 Å². The van der Waals surface area contributed by atoms with E-state index in [4.69, 9.17) is 9.72 Å². The first-order valence-electron chi connectivity index (χ1n) is 13.7. The van der Waals surface area contributed by atoms with Crippen LogP contribution in [0.2, 0.25) is 0 Å². The highest BCUT2D eigenvalue weighted by atomic mass is 16.5. The zero-order valence-electron chi connectivity index (χ0n) is 22.7. The fraction of sp³-hybridized carbons (Fsp3) is 0.438. The number of carbonyl (C=O) groups is 1. The van der Waals surface area contributed by atoms with Crippen LogP contribution in [0.25, 0.3) is 11.1 Å². The van der Waals surface area contributed by atoms with Gasteiger partial charge in [-0.2, -0.15) is 0 Å². The van der Waals surface area contributed by atoms with Gasteiger partial charge in [0, 0.05) is 36.3 Å². The molecule has 200 valence electrons. The Bertz CT molecular complexity index is 1310. The van der Waals surface area contributed by atoms with Crippen molar-refractivity contribution in [1.82, 2.24) is 4.98 Å². The van der Waals surface area contributed by atoms with Crippen LogP contribution >= 0.6 is 0 Å². The molecule has 2 aliphatic heterocycles. The SMILES string of the molecule is Cc1nc(CO)c(-c2ccc3c(c2)CCC(Cc2ccccc2)O3)c(N2CCC(C)(C)CC2)c1CC(=O)O. The molecule has 6 nitrogen and oxygen atoms in total. The van der Waals surface area contributed by atoms with Crippen LogP contribution in [-0.2, 0) is 30.7 Å². The van der Waals surface area contributed by atoms with E-state index in [9.17, 15) is 15.0 Å². The smallest absolute Gasteiger partial charge is 0.307 e. The number of hydrogen-bond donors (Lipinski definition) is 2. The maximum absolute atomic E-state index is 11.9. The van der Waals surface area contributed by atoms with Gasteiger partial charge in [-0.25, -0.2) is 0 Å². The number of piperidine rings is 1. The number of aryl methyl sites for hydroxylation is 2. The standard InChI is InChI=1S/C32H38N2O4/c1-21-26(19-29(36)37)31(34-15-13-32(2,3)14-16-34)30(27(20-35)33-21)24-10-12-28-23(18-24)9-11-25(38-28)17-22-7-5-4-6-8-22/h4-8,10,12,18,25,35H,9,11,13-17,19-20H2,1-3H3,(H,36,37). The number of anilines is 1. The molecule has 38 heavy (non-hydrogen) atoms. The van der Waals surface area contributed by atoms with Crippen LogP contribution in [0, 0.1) is 12.3 Å². The van der Waals surface area contributed by atoms with Crippen molar-refractivity contribution in [2.75, 3.05) is 18.0 Å². The van der Waals surface area contributed by atoms with Crippen LogP contribution in [-0.4, -0.2) is 40.4 Å². The van der Waals surface area contributed by atoms with Crippen molar-refractivity contribution < 1.29 is 19.7 Å². The van der Waals surface area contributed by atoms with Crippen molar-refractivity contribution >= 4 is 11.7 Å². The number of carboxylic acids is 1. The third-order valence-electron chi connectivity index (χ3n) is 8.15. The molecule has 2 aromatic carbocycles. The topological polar surface area (TPSA) is 82.9 Å². The number of aromatic nitrogens is 1. The highest BCUT2D eigenvalue weighted by molar-refractivity contribution is 5.87. The summed E-state index contributed by atoms with van der Waals surface area (Å²) in [6.45, 7) is 7.91. The molecular weight excluding hydrogens is 476 g/mol. The fourth-order valence-electron chi connectivity index (χ4n) is 5.87. The molecule has 5 rings (SSSR count). The lowest BCUT2D eigenvalue weighted by atomic mass is 9.82. The number of nitrogens with zero attached hydrogens (tertiary/aromatic N) is 2. The minimum atomic E-state index is -0.875. The molecule has 1 aromatic heterocycles. The molecule has 1 fully saturated rings. The van der Waals surface area contributed by atoms with Crippen molar-refractivity contribution in [1.29, 1.82) is 0 Å². The Morgan fingerprint density at radius 2 is 1.87 bits per heavy atom. The second-order valence-corrected chi connectivity index (χ2v) is 11.5. The number of fused-ring (bicyclic) bond motifs is 1. The first-order chi connectivity index (χ1) is 18.2. The maximum atomic E-state index is 11.9. The number of aliphatic hydroxyl groups is 1. The third-order valence-corrected chi connectivity index (χ3v) is 8.15. The second-order valence-electron chi connectivity index (χ2n) is 11.5. The van der Waals surface area contributed by atoms with Gasteiger partial charge >= 0.3 is 5.97 Å². The Morgan fingerprint density at radius 3 is 2.55 bits per heavy atom. The van der Waals surface area contributed by atoms with E-state index in [-0.39, 0.29) is 24.5 Å². The van der Waals surface area contributed by atoms with Gasteiger partial charge in [0.15, 0.2) is 0 Å². The summed E-state index contributed by atoms with van der Waals surface area (Å²) in [5.74, 6) is 0.0260. The molecule has 1 saturated heterocycles. The largest absolute Gasteiger partial charge is 0.490 e. The van der Waals surface area contributed by atoms with Gasteiger partial charge in [-0.3, -0.25) is 9.78 Å². The first-order valence-corrected chi connectivity index (χ1v) is 13.7. The normalized spacial score (nSPS) is 18.5. The zero-order valence-corrected chi connectivity index (χ0v) is 22.7. The lowest BCUT2D eigenvalue weighted by Gasteiger charge is -2.40.